The van der Waals surface area contributed by atoms with E-state index in [1.807, 2.05) is 18.3 Å². The number of benzene rings is 1. The van der Waals surface area contributed by atoms with E-state index in [0.29, 0.717) is 12.2 Å². The molecule has 3 nitrogen and oxygen atoms in total. The molecule has 0 N–H and O–H groups in total. The molecule has 1 aliphatic rings. The lowest BCUT2D eigenvalue weighted by atomic mass is 10.1. The van der Waals surface area contributed by atoms with Crippen molar-refractivity contribution in [1.29, 1.82) is 0 Å². The summed E-state index contributed by atoms with van der Waals surface area (Å²) in [6, 6.07) is 5.41. The van der Waals surface area contributed by atoms with Crippen molar-refractivity contribution >= 4 is 18.4 Å². The van der Waals surface area contributed by atoms with Crippen molar-refractivity contribution in [3.63, 3.8) is 0 Å². The number of fused-ring (bicyclic) bond motifs is 1. The van der Waals surface area contributed by atoms with Gasteiger partial charge in [0.25, 0.3) is 6.47 Å². The van der Waals surface area contributed by atoms with E-state index in [1.165, 1.54) is 0 Å². The lowest BCUT2D eigenvalue weighted by molar-refractivity contribution is -0.120. The molecule has 2 rings (SSSR count). The molecule has 0 saturated heterocycles. The second-order valence-electron chi connectivity index (χ2n) is 2.52. The fourth-order valence-electron chi connectivity index (χ4n) is 1.22. The molecular weight excluding hydrogens is 154 g/mol. The molecule has 0 bridgehead atoms. The molecule has 0 aromatic heterocycles. The Bertz CT molecular complexity index is 344. The molecule has 0 fully saturated rings. The Balaban J connectivity index is 2.35. The summed E-state index contributed by atoms with van der Waals surface area (Å²) >= 11 is 0. The van der Waals surface area contributed by atoms with Gasteiger partial charge in [-0.05, 0) is 23.8 Å². The van der Waals surface area contributed by atoms with E-state index in [1.54, 1.807) is 6.07 Å². The van der Waals surface area contributed by atoms with E-state index < -0.39 is 0 Å². The highest BCUT2D eigenvalue weighted by Gasteiger charge is 2.06. The van der Waals surface area contributed by atoms with Gasteiger partial charge in [-0.15, -0.1) is 0 Å². The highest BCUT2D eigenvalue weighted by atomic mass is 16.5. The standard InChI is InChI=1S/C9H7NO2/c11-6-12-8-1-2-9-7(5-8)3-4-10-9/h1-2,4-6H,3H2. The Hall–Kier alpha value is -1.64. The van der Waals surface area contributed by atoms with Crippen LogP contribution in [0.1, 0.15) is 5.56 Å². The Morgan fingerprint density at radius 2 is 2.42 bits per heavy atom. The third-order valence-electron chi connectivity index (χ3n) is 1.78. The first kappa shape index (κ1) is 7.03. The molecule has 1 aromatic carbocycles. The first-order valence-corrected chi connectivity index (χ1v) is 3.66. The maximum atomic E-state index is 10.0. The number of hydrogen-bond donors (Lipinski definition) is 0. The second-order valence-corrected chi connectivity index (χ2v) is 2.52. The van der Waals surface area contributed by atoms with Gasteiger partial charge in [-0.25, -0.2) is 0 Å². The van der Waals surface area contributed by atoms with Gasteiger partial charge in [0.05, 0.1) is 5.69 Å². The quantitative estimate of drug-likeness (QED) is 0.616. The monoisotopic (exact) mass is 161 g/mol. The zero-order chi connectivity index (χ0) is 8.39. The molecule has 1 aliphatic heterocycles. The first-order valence-electron chi connectivity index (χ1n) is 3.66. The highest BCUT2D eigenvalue weighted by molar-refractivity contribution is 5.76. The van der Waals surface area contributed by atoms with Crippen LogP contribution in [0, 0.1) is 0 Å². The average Bonchev–Trinajstić information content (AvgIpc) is 2.51. The average molecular weight is 161 g/mol. The summed E-state index contributed by atoms with van der Waals surface area (Å²) in [7, 11) is 0. The van der Waals surface area contributed by atoms with Gasteiger partial charge < -0.3 is 4.74 Å². The van der Waals surface area contributed by atoms with Crippen molar-refractivity contribution < 1.29 is 9.53 Å². The van der Waals surface area contributed by atoms with Crippen molar-refractivity contribution in [2.24, 2.45) is 4.99 Å². The van der Waals surface area contributed by atoms with Crippen molar-refractivity contribution in [2.45, 2.75) is 6.42 Å². The third kappa shape index (κ3) is 1.09. The fraction of sp³-hybridized carbons (Fsp3) is 0.111. The summed E-state index contributed by atoms with van der Waals surface area (Å²) in [5.41, 5.74) is 2.07. The molecule has 1 heterocycles. The first-order chi connectivity index (χ1) is 5.90. The van der Waals surface area contributed by atoms with Gasteiger partial charge >= 0.3 is 0 Å². The molecule has 1 aromatic rings. The van der Waals surface area contributed by atoms with Crippen LogP contribution in [0.15, 0.2) is 23.2 Å². The molecule has 0 atom stereocenters. The Labute approximate surface area is 69.7 Å². The maximum Gasteiger partial charge on any atom is 0.298 e. The highest BCUT2D eigenvalue weighted by Crippen LogP contribution is 2.27. The van der Waals surface area contributed by atoms with Crippen LogP contribution in [-0.4, -0.2) is 12.7 Å². The molecule has 12 heavy (non-hydrogen) atoms. The molecule has 0 spiro atoms. The summed E-state index contributed by atoms with van der Waals surface area (Å²) in [6.07, 6.45) is 2.67. The number of nitrogens with zero attached hydrogens (tertiary/aromatic N) is 1. The lowest BCUT2D eigenvalue weighted by Crippen LogP contribution is -1.89. The number of ether oxygens (including phenoxy) is 1. The summed E-state index contributed by atoms with van der Waals surface area (Å²) in [5, 5.41) is 0. The lowest BCUT2D eigenvalue weighted by Gasteiger charge is -1.99. The minimum atomic E-state index is 0.428. The van der Waals surface area contributed by atoms with E-state index in [9.17, 15) is 4.79 Å². The van der Waals surface area contributed by atoms with Crippen molar-refractivity contribution in [2.75, 3.05) is 0 Å². The van der Waals surface area contributed by atoms with Crippen LogP contribution in [0.25, 0.3) is 0 Å². The second kappa shape index (κ2) is 2.77. The summed E-state index contributed by atoms with van der Waals surface area (Å²) in [4.78, 5) is 14.2. The number of carbonyl (C=O) groups is 1. The Morgan fingerprint density at radius 3 is 3.25 bits per heavy atom. The van der Waals surface area contributed by atoms with Gasteiger partial charge in [-0.3, -0.25) is 9.79 Å². The van der Waals surface area contributed by atoms with Crippen LogP contribution in [0.2, 0.25) is 0 Å². The van der Waals surface area contributed by atoms with E-state index in [-0.39, 0.29) is 0 Å². The zero-order valence-corrected chi connectivity index (χ0v) is 6.36. The van der Waals surface area contributed by atoms with Gasteiger partial charge in [-0.2, -0.15) is 0 Å². The fourth-order valence-corrected chi connectivity index (χ4v) is 1.22. The van der Waals surface area contributed by atoms with Crippen LogP contribution < -0.4 is 4.74 Å². The molecule has 0 saturated carbocycles. The van der Waals surface area contributed by atoms with Gasteiger partial charge in [0.1, 0.15) is 5.75 Å². The van der Waals surface area contributed by atoms with Crippen LogP contribution in [0.3, 0.4) is 0 Å². The third-order valence-corrected chi connectivity index (χ3v) is 1.78. The molecule has 0 radical (unpaired) electrons. The van der Waals surface area contributed by atoms with Gasteiger partial charge in [0, 0.05) is 12.6 Å². The topological polar surface area (TPSA) is 38.7 Å². The van der Waals surface area contributed by atoms with Crippen LogP contribution >= 0.6 is 0 Å². The van der Waals surface area contributed by atoms with Crippen molar-refractivity contribution in [1.82, 2.24) is 0 Å². The van der Waals surface area contributed by atoms with Gasteiger partial charge in [-0.1, -0.05) is 0 Å². The van der Waals surface area contributed by atoms with Crippen molar-refractivity contribution in [3.05, 3.63) is 23.8 Å². The number of carbonyl (C=O) groups excluding carboxylic acids is 1. The zero-order valence-electron chi connectivity index (χ0n) is 6.36. The SMILES string of the molecule is O=COc1ccc2c(c1)CC=N2. The molecule has 0 amide bonds. The van der Waals surface area contributed by atoms with E-state index in [2.05, 4.69) is 4.99 Å². The number of hydrogen-bond acceptors (Lipinski definition) is 3. The van der Waals surface area contributed by atoms with Crippen LogP contribution in [-0.2, 0) is 11.2 Å². The minimum absolute atomic E-state index is 0.428. The molecule has 0 unspecified atom stereocenters. The predicted molar refractivity (Wildman–Crippen MR) is 45.0 cm³/mol. The van der Waals surface area contributed by atoms with Gasteiger partial charge in [0.2, 0.25) is 0 Å². The van der Waals surface area contributed by atoms with Crippen LogP contribution in [0.4, 0.5) is 5.69 Å². The summed E-state index contributed by atoms with van der Waals surface area (Å²) in [5.74, 6) is 0.578. The predicted octanol–water partition coefficient (Wildman–Crippen LogP) is 1.48. The largest absolute Gasteiger partial charge is 0.429 e. The molecule has 60 valence electrons. The van der Waals surface area contributed by atoms with E-state index >= 15 is 0 Å². The van der Waals surface area contributed by atoms with E-state index in [4.69, 9.17) is 4.74 Å². The van der Waals surface area contributed by atoms with E-state index in [0.717, 1.165) is 17.7 Å². The minimum Gasteiger partial charge on any atom is -0.429 e. The molecular formula is C9H7NO2. The summed E-state index contributed by atoms with van der Waals surface area (Å²) < 4.78 is 4.70. The van der Waals surface area contributed by atoms with Crippen LogP contribution in [0.5, 0.6) is 5.75 Å². The van der Waals surface area contributed by atoms with Crippen molar-refractivity contribution in [3.8, 4) is 5.75 Å². The van der Waals surface area contributed by atoms with Gasteiger partial charge in [0.15, 0.2) is 0 Å². The number of rotatable bonds is 2. The molecule has 0 aliphatic carbocycles. The smallest absolute Gasteiger partial charge is 0.298 e. The Morgan fingerprint density at radius 1 is 1.50 bits per heavy atom. The molecule has 3 heteroatoms. The number of aliphatic imine (C=N–C) groups is 1. The normalized spacial score (nSPS) is 12.7. The Kier molecular flexibility index (Phi) is 1.63. The summed E-state index contributed by atoms with van der Waals surface area (Å²) in [6.45, 7) is 0.428. The maximum absolute atomic E-state index is 10.0.